The Hall–Kier alpha value is -4.81. The van der Waals surface area contributed by atoms with Crippen LogP contribution in [0.3, 0.4) is 0 Å². The molecule has 202 valence electrons. The molecule has 1 atom stereocenters. The number of carboxylic acids is 1. The molecule has 6 rings (SSSR count). The predicted molar refractivity (Wildman–Crippen MR) is 163 cm³/mol. The Bertz CT molecular complexity index is 1930. The van der Waals surface area contributed by atoms with Crippen molar-refractivity contribution >= 4 is 44.1 Å². The van der Waals surface area contributed by atoms with E-state index in [0.29, 0.717) is 17.5 Å². The third-order valence-electron chi connectivity index (χ3n) is 7.37. The molecular weight excluding hydrogens is 533 g/mol. The third-order valence-corrected chi connectivity index (χ3v) is 8.35. The van der Waals surface area contributed by atoms with Crippen molar-refractivity contribution < 1.29 is 19.1 Å². The van der Waals surface area contributed by atoms with Crippen LogP contribution in [0.2, 0.25) is 0 Å². The second-order valence-electron chi connectivity index (χ2n) is 10.1. The van der Waals surface area contributed by atoms with E-state index in [4.69, 9.17) is 0 Å². The van der Waals surface area contributed by atoms with Gasteiger partial charge in [0.1, 0.15) is 5.82 Å². The number of halogens is 1. The Morgan fingerprint density at radius 2 is 1.63 bits per heavy atom. The first-order valence-corrected chi connectivity index (χ1v) is 14.2. The molecule has 0 aliphatic rings. The van der Waals surface area contributed by atoms with E-state index < -0.39 is 5.97 Å². The number of benzene rings is 5. The first kappa shape index (κ1) is 26.4. The van der Waals surface area contributed by atoms with Gasteiger partial charge in [-0.25, -0.2) is 9.18 Å². The number of rotatable bonds is 7. The lowest BCUT2D eigenvalue weighted by Gasteiger charge is -2.17. The Morgan fingerprint density at radius 1 is 0.854 bits per heavy atom. The van der Waals surface area contributed by atoms with Crippen molar-refractivity contribution in [2.24, 2.45) is 0 Å². The number of carbonyl (C=O) groups excluding carboxylic acids is 1. The smallest absolute Gasteiger partial charge is 0.335 e. The highest BCUT2D eigenvalue weighted by molar-refractivity contribution is 7.17. The molecule has 2 N–H and O–H groups in total. The molecular formula is C35H26FNO3S. The number of carboxylic acid groups (broad SMARTS) is 1. The molecule has 0 aliphatic heterocycles. The summed E-state index contributed by atoms with van der Waals surface area (Å²) in [6, 6.07) is 31.0. The Morgan fingerprint density at radius 3 is 2.39 bits per heavy atom. The summed E-state index contributed by atoms with van der Waals surface area (Å²) in [5.74, 6) is -1.59. The fourth-order valence-corrected chi connectivity index (χ4v) is 6.24. The first-order chi connectivity index (χ1) is 19.9. The lowest BCUT2D eigenvalue weighted by atomic mass is 9.95. The molecule has 5 aromatic carbocycles. The molecule has 1 aromatic heterocycles. The van der Waals surface area contributed by atoms with Crippen molar-refractivity contribution in [1.29, 1.82) is 0 Å². The van der Waals surface area contributed by atoms with Gasteiger partial charge in [0.05, 0.1) is 11.6 Å². The molecule has 0 saturated carbocycles. The highest BCUT2D eigenvalue weighted by atomic mass is 32.1. The van der Waals surface area contributed by atoms with Gasteiger partial charge in [0.15, 0.2) is 0 Å². The summed E-state index contributed by atoms with van der Waals surface area (Å²) in [5, 5.41) is 17.6. The van der Waals surface area contributed by atoms with Gasteiger partial charge in [0.2, 0.25) is 0 Å². The quantitative estimate of drug-likeness (QED) is 0.206. The average molecular weight is 560 g/mol. The summed E-state index contributed by atoms with van der Waals surface area (Å²) in [4.78, 5) is 25.1. The predicted octanol–water partition coefficient (Wildman–Crippen LogP) is 8.64. The number of carbonyl (C=O) groups is 2. The number of aromatic carboxylic acids is 1. The van der Waals surface area contributed by atoms with Crippen LogP contribution in [0.15, 0.2) is 109 Å². The summed E-state index contributed by atoms with van der Waals surface area (Å²) in [6.45, 7) is 1.87. The largest absolute Gasteiger partial charge is 0.478 e. The molecule has 0 saturated heterocycles. The lowest BCUT2D eigenvalue weighted by Crippen LogP contribution is -2.27. The van der Waals surface area contributed by atoms with Crippen molar-refractivity contribution in [1.82, 2.24) is 5.32 Å². The summed E-state index contributed by atoms with van der Waals surface area (Å²) < 4.78 is 15.1. The minimum absolute atomic E-state index is 0.188. The van der Waals surface area contributed by atoms with Crippen LogP contribution in [0.5, 0.6) is 0 Å². The van der Waals surface area contributed by atoms with Crippen LogP contribution in [0.4, 0.5) is 4.39 Å². The van der Waals surface area contributed by atoms with Gasteiger partial charge in [-0.3, -0.25) is 4.79 Å². The standard InChI is InChI=1S/C35H26FNO3S/c1-21(23-11-13-25(14-12-23)35(39)40)37-34(38)31-18-28(27-7-4-8-30(36)17-27)19-32-33(31)29(20-41-32)16-22-9-10-24-5-2-3-6-26(24)15-22/h2-15,17-21H,16H2,1H3,(H,37,38)(H,39,40)/t21-/m0/s1. The Balaban J connectivity index is 1.40. The molecule has 4 nitrogen and oxygen atoms in total. The molecule has 41 heavy (non-hydrogen) atoms. The van der Waals surface area contributed by atoms with Crippen molar-refractivity contribution in [2.45, 2.75) is 19.4 Å². The van der Waals surface area contributed by atoms with Crippen LogP contribution in [-0.4, -0.2) is 17.0 Å². The molecule has 1 heterocycles. The number of hydrogen-bond donors (Lipinski definition) is 2. The van der Waals surface area contributed by atoms with Gasteiger partial charge >= 0.3 is 5.97 Å². The van der Waals surface area contributed by atoms with Gasteiger partial charge in [0, 0.05) is 15.6 Å². The van der Waals surface area contributed by atoms with E-state index in [-0.39, 0.29) is 23.3 Å². The van der Waals surface area contributed by atoms with Gasteiger partial charge in [0.25, 0.3) is 5.91 Å². The van der Waals surface area contributed by atoms with E-state index >= 15 is 0 Å². The monoisotopic (exact) mass is 559 g/mol. The van der Waals surface area contributed by atoms with E-state index in [1.165, 1.54) is 35.0 Å². The molecule has 1 amide bonds. The zero-order chi connectivity index (χ0) is 28.5. The molecule has 6 aromatic rings. The first-order valence-electron chi connectivity index (χ1n) is 13.3. The van der Waals surface area contributed by atoms with Crippen LogP contribution >= 0.6 is 11.3 Å². The molecule has 0 bridgehead atoms. The molecule has 0 spiro atoms. The fourth-order valence-electron chi connectivity index (χ4n) is 5.22. The maximum Gasteiger partial charge on any atom is 0.335 e. The number of hydrogen-bond acceptors (Lipinski definition) is 3. The zero-order valence-corrected chi connectivity index (χ0v) is 23.0. The van der Waals surface area contributed by atoms with E-state index in [1.807, 2.05) is 37.3 Å². The summed E-state index contributed by atoms with van der Waals surface area (Å²) in [6.07, 6.45) is 0.663. The normalized spacial score (nSPS) is 12.0. The summed E-state index contributed by atoms with van der Waals surface area (Å²) >= 11 is 1.57. The van der Waals surface area contributed by atoms with Crippen LogP contribution in [-0.2, 0) is 6.42 Å². The summed E-state index contributed by atoms with van der Waals surface area (Å²) in [7, 11) is 0. The maximum atomic E-state index is 14.1. The minimum Gasteiger partial charge on any atom is -0.478 e. The van der Waals surface area contributed by atoms with Gasteiger partial charge in [-0.05, 0) is 93.7 Å². The highest BCUT2D eigenvalue weighted by Crippen LogP contribution is 2.36. The number of thiophene rings is 1. The molecule has 0 fully saturated rings. The molecule has 0 radical (unpaired) electrons. The van der Waals surface area contributed by atoms with Crippen LogP contribution < -0.4 is 5.32 Å². The minimum atomic E-state index is -0.999. The van der Waals surface area contributed by atoms with Gasteiger partial charge < -0.3 is 10.4 Å². The summed E-state index contributed by atoms with van der Waals surface area (Å²) in [5.41, 5.74) is 5.16. The third kappa shape index (κ3) is 5.47. The van der Waals surface area contributed by atoms with Crippen LogP contribution in [0.1, 0.15) is 50.4 Å². The lowest BCUT2D eigenvalue weighted by molar-refractivity contribution is 0.0696. The van der Waals surface area contributed by atoms with Crippen molar-refractivity contribution in [3.63, 3.8) is 0 Å². The molecule has 0 aliphatic carbocycles. The zero-order valence-electron chi connectivity index (χ0n) is 22.2. The van der Waals surface area contributed by atoms with Gasteiger partial charge in [-0.1, -0.05) is 66.7 Å². The van der Waals surface area contributed by atoms with Crippen LogP contribution in [0.25, 0.3) is 32.0 Å². The molecule has 6 heteroatoms. The number of nitrogens with one attached hydrogen (secondary N) is 1. The fraction of sp³-hybridized carbons (Fsp3) is 0.0857. The maximum absolute atomic E-state index is 14.1. The Kier molecular flexibility index (Phi) is 7.08. The van der Waals surface area contributed by atoms with Gasteiger partial charge in [-0.15, -0.1) is 11.3 Å². The number of fused-ring (bicyclic) bond motifs is 2. The van der Waals surface area contributed by atoms with E-state index in [9.17, 15) is 19.1 Å². The van der Waals surface area contributed by atoms with Gasteiger partial charge in [-0.2, -0.15) is 0 Å². The van der Waals surface area contributed by atoms with Crippen LogP contribution in [0, 0.1) is 5.82 Å². The van der Waals surface area contributed by atoms with E-state index in [2.05, 4.69) is 41.0 Å². The SMILES string of the molecule is C[C@H](NC(=O)c1cc(-c2cccc(F)c2)cc2scc(Cc3ccc4ccccc4c3)c12)c1ccc(C(=O)O)cc1. The molecule has 0 unspecified atom stereocenters. The second-order valence-corrected chi connectivity index (χ2v) is 11.1. The number of amides is 1. The Labute approximate surface area is 240 Å². The van der Waals surface area contributed by atoms with E-state index in [0.717, 1.165) is 32.3 Å². The average Bonchev–Trinajstić information content (AvgIpc) is 3.39. The van der Waals surface area contributed by atoms with Crippen molar-refractivity contribution in [3.05, 3.63) is 142 Å². The topological polar surface area (TPSA) is 66.4 Å². The highest BCUT2D eigenvalue weighted by Gasteiger charge is 2.20. The van der Waals surface area contributed by atoms with E-state index in [1.54, 1.807) is 29.5 Å². The van der Waals surface area contributed by atoms with Crippen molar-refractivity contribution in [3.8, 4) is 11.1 Å². The second kappa shape index (κ2) is 11.0. The van der Waals surface area contributed by atoms with Crippen molar-refractivity contribution in [2.75, 3.05) is 0 Å².